The van der Waals surface area contributed by atoms with Crippen LogP contribution in [-0.2, 0) is 9.53 Å². The molecule has 0 atom stereocenters. The third kappa shape index (κ3) is 4.33. The number of rotatable bonds is 5. The summed E-state index contributed by atoms with van der Waals surface area (Å²) in [7, 11) is 0. The van der Waals surface area contributed by atoms with Gasteiger partial charge in [-0.1, -0.05) is 11.6 Å². The molecule has 10 heteroatoms. The molecule has 1 N–H and O–H groups in total. The van der Waals surface area contributed by atoms with Gasteiger partial charge in [0.2, 0.25) is 0 Å². The largest absolute Gasteiger partial charge is 0.452 e. The number of esters is 1. The van der Waals surface area contributed by atoms with E-state index >= 15 is 0 Å². The Balaban J connectivity index is 1.61. The summed E-state index contributed by atoms with van der Waals surface area (Å²) in [5, 5.41) is 13.1. The number of fused-ring (bicyclic) bond motifs is 1. The fraction of sp³-hybridized carbons (Fsp3) is 0.0588. The van der Waals surface area contributed by atoms with Crippen LogP contribution in [-0.4, -0.2) is 33.4 Å². The molecule has 136 valence electrons. The number of carbonyl (C=O) groups is 2. The van der Waals surface area contributed by atoms with E-state index in [0.29, 0.717) is 11.0 Å². The fourth-order valence-electron chi connectivity index (χ4n) is 2.21. The number of carbonyl (C=O) groups excluding carboxylic acids is 2. The van der Waals surface area contributed by atoms with E-state index < -0.39 is 23.4 Å². The number of nitrogens with zero attached hydrogens (tertiary/aromatic N) is 3. The Morgan fingerprint density at radius 2 is 1.85 bits per heavy atom. The van der Waals surface area contributed by atoms with Gasteiger partial charge in [-0.15, -0.1) is 0 Å². The van der Waals surface area contributed by atoms with Crippen molar-refractivity contribution in [2.75, 3.05) is 11.9 Å². The summed E-state index contributed by atoms with van der Waals surface area (Å²) in [4.78, 5) is 42.3. The lowest BCUT2D eigenvalue weighted by atomic mass is 10.2. The van der Waals surface area contributed by atoms with Crippen molar-refractivity contribution in [2.45, 2.75) is 0 Å². The van der Waals surface area contributed by atoms with Crippen LogP contribution in [0.1, 0.15) is 10.4 Å². The lowest BCUT2D eigenvalue weighted by Gasteiger charge is -2.08. The smallest absolute Gasteiger partial charge is 0.338 e. The van der Waals surface area contributed by atoms with Crippen LogP contribution in [0.4, 0.5) is 11.4 Å². The molecule has 0 bridgehead atoms. The van der Waals surface area contributed by atoms with Gasteiger partial charge in [-0.2, -0.15) is 0 Å². The zero-order valence-electron chi connectivity index (χ0n) is 13.6. The number of halogens is 1. The molecule has 0 aliphatic heterocycles. The van der Waals surface area contributed by atoms with Crippen LogP contribution < -0.4 is 5.32 Å². The zero-order chi connectivity index (χ0) is 19.4. The third-order valence-corrected chi connectivity index (χ3v) is 3.79. The van der Waals surface area contributed by atoms with Crippen molar-refractivity contribution in [1.29, 1.82) is 0 Å². The maximum atomic E-state index is 12.1. The Labute approximate surface area is 157 Å². The Kier molecular flexibility index (Phi) is 5.23. The number of hydrogen-bond acceptors (Lipinski definition) is 7. The molecule has 0 radical (unpaired) electrons. The number of nitrogens with one attached hydrogen (secondary N) is 1. The van der Waals surface area contributed by atoms with E-state index in [1.54, 1.807) is 6.07 Å². The van der Waals surface area contributed by atoms with Crippen molar-refractivity contribution in [3.63, 3.8) is 0 Å². The molecule has 2 aromatic carbocycles. The van der Waals surface area contributed by atoms with E-state index in [4.69, 9.17) is 16.3 Å². The van der Waals surface area contributed by atoms with Crippen LogP contribution >= 0.6 is 11.6 Å². The van der Waals surface area contributed by atoms with Crippen LogP contribution in [0.3, 0.4) is 0 Å². The first-order valence-corrected chi connectivity index (χ1v) is 7.93. The Hall–Kier alpha value is -3.59. The van der Waals surface area contributed by atoms with Gasteiger partial charge in [0.15, 0.2) is 6.61 Å². The van der Waals surface area contributed by atoms with Crippen LogP contribution in [0.2, 0.25) is 5.02 Å². The first-order valence-electron chi connectivity index (χ1n) is 7.56. The topological polar surface area (TPSA) is 124 Å². The maximum Gasteiger partial charge on any atom is 0.338 e. The molecular weight excluding hydrogens is 376 g/mol. The number of amides is 1. The summed E-state index contributed by atoms with van der Waals surface area (Å²) in [6.45, 7) is -0.551. The summed E-state index contributed by atoms with van der Waals surface area (Å²) < 4.78 is 4.96. The molecular formula is C17H11ClN4O5. The van der Waals surface area contributed by atoms with Gasteiger partial charge in [0.25, 0.3) is 11.6 Å². The monoisotopic (exact) mass is 386 g/mol. The number of non-ortho nitro benzene ring substituents is 1. The number of nitro groups is 1. The molecule has 0 aliphatic rings. The molecule has 0 saturated heterocycles. The van der Waals surface area contributed by atoms with Gasteiger partial charge in [0.1, 0.15) is 0 Å². The molecule has 9 nitrogen and oxygen atoms in total. The number of aromatic nitrogens is 2. The average molecular weight is 387 g/mol. The Morgan fingerprint density at radius 3 is 2.56 bits per heavy atom. The first-order chi connectivity index (χ1) is 12.9. The number of hydrogen-bond donors (Lipinski definition) is 1. The fourth-order valence-corrected chi connectivity index (χ4v) is 2.43. The zero-order valence-corrected chi connectivity index (χ0v) is 14.3. The Morgan fingerprint density at radius 1 is 1.11 bits per heavy atom. The number of benzene rings is 2. The SMILES string of the molecule is O=C(COC(=O)c1ccc2nccnc2c1)Nc1ccc([N+](=O)[O-])cc1Cl. The molecule has 1 aromatic heterocycles. The van der Waals surface area contributed by atoms with E-state index in [9.17, 15) is 19.7 Å². The molecule has 27 heavy (non-hydrogen) atoms. The second kappa shape index (κ2) is 7.75. The lowest BCUT2D eigenvalue weighted by Crippen LogP contribution is -2.21. The van der Waals surface area contributed by atoms with Crippen LogP contribution in [0.25, 0.3) is 11.0 Å². The van der Waals surface area contributed by atoms with E-state index in [-0.39, 0.29) is 22.0 Å². The van der Waals surface area contributed by atoms with E-state index in [2.05, 4.69) is 15.3 Å². The highest BCUT2D eigenvalue weighted by atomic mass is 35.5. The highest BCUT2D eigenvalue weighted by Crippen LogP contribution is 2.26. The maximum absolute atomic E-state index is 12.1. The van der Waals surface area contributed by atoms with E-state index in [1.807, 2.05) is 0 Å². The summed E-state index contributed by atoms with van der Waals surface area (Å²) in [6.07, 6.45) is 3.03. The van der Waals surface area contributed by atoms with Gasteiger partial charge in [-0.3, -0.25) is 24.9 Å². The van der Waals surface area contributed by atoms with E-state index in [1.165, 1.54) is 36.7 Å². The number of nitro benzene ring substituents is 1. The number of ether oxygens (including phenoxy) is 1. The average Bonchev–Trinajstić information content (AvgIpc) is 2.67. The van der Waals surface area contributed by atoms with Gasteiger partial charge in [0, 0.05) is 24.5 Å². The van der Waals surface area contributed by atoms with Gasteiger partial charge in [0.05, 0.1) is 32.2 Å². The van der Waals surface area contributed by atoms with Crippen LogP contribution in [0.5, 0.6) is 0 Å². The molecule has 1 heterocycles. The minimum absolute atomic E-state index is 0.00280. The second-order valence-electron chi connectivity index (χ2n) is 5.31. The summed E-state index contributed by atoms with van der Waals surface area (Å²) in [5.41, 5.74) is 1.34. The minimum atomic E-state index is -0.701. The quantitative estimate of drug-likeness (QED) is 0.406. The van der Waals surface area contributed by atoms with Crippen molar-refractivity contribution in [3.8, 4) is 0 Å². The van der Waals surface area contributed by atoms with Crippen molar-refractivity contribution in [2.24, 2.45) is 0 Å². The molecule has 3 aromatic rings. The molecule has 0 fully saturated rings. The lowest BCUT2D eigenvalue weighted by molar-refractivity contribution is -0.384. The first kappa shape index (κ1) is 18.2. The predicted octanol–water partition coefficient (Wildman–Crippen LogP) is 2.99. The van der Waals surface area contributed by atoms with Crippen LogP contribution in [0, 0.1) is 10.1 Å². The molecule has 3 rings (SSSR count). The standard InChI is InChI=1S/C17H11ClN4O5/c18-12-8-11(22(25)26)2-4-13(12)21-16(23)9-27-17(24)10-1-3-14-15(7-10)20-6-5-19-14/h1-8H,9H2,(H,21,23). The van der Waals surface area contributed by atoms with Gasteiger partial charge in [-0.05, 0) is 24.3 Å². The van der Waals surface area contributed by atoms with Crippen molar-refractivity contribution >= 4 is 45.9 Å². The highest BCUT2D eigenvalue weighted by Gasteiger charge is 2.14. The van der Waals surface area contributed by atoms with Crippen molar-refractivity contribution in [1.82, 2.24) is 9.97 Å². The van der Waals surface area contributed by atoms with Gasteiger partial charge < -0.3 is 10.1 Å². The Bertz CT molecular complexity index is 1060. The third-order valence-electron chi connectivity index (χ3n) is 3.48. The van der Waals surface area contributed by atoms with Gasteiger partial charge >= 0.3 is 5.97 Å². The predicted molar refractivity (Wildman–Crippen MR) is 96.6 cm³/mol. The summed E-state index contributed by atoms with van der Waals surface area (Å²) in [5.74, 6) is -1.34. The molecule has 0 spiro atoms. The van der Waals surface area contributed by atoms with Crippen molar-refractivity contribution in [3.05, 3.63) is 69.5 Å². The molecule has 1 amide bonds. The minimum Gasteiger partial charge on any atom is -0.452 e. The summed E-state index contributed by atoms with van der Waals surface area (Å²) >= 11 is 5.89. The van der Waals surface area contributed by atoms with Gasteiger partial charge in [-0.25, -0.2) is 4.79 Å². The molecule has 0 aliphatic carbocycles. The van der Waals surface area contributed by atoms with E-state index in [0.717, 1.165) is 6.07 Å². The molecule has 0 saturated carbocycles. The number of anilines is 1. The van der Waals surface area contributed by atoms with Crippen molar-refractivity contribution < 1.29 is 19.2 Å². The molecule has 0 unspecified atom stereocenters. The van der Waals surface area contributed by atoms with Crippen LogP contribution in [0.15, 0.2) is 48.8 Å². The summed E-state index contributed by atoms with van der Waals surface area (Å²) in [6, 6.07) is 8.25. The normalized spacial score (nSPS) is 10.4. The highest BCUT2D eigenvalue weighted by molar-refractivity contribution is 6.34. The second-order valence-corrected chi connectivity index (χ2v) is 5.71.